The number of hydrogen-bond donors (Lipinski definition) is 1. The standard InChI is InChI=1S/C23H23FN4O3/c24-19-13-28-20(26-21(19)27-10-8-25-9-11-27)17(16-6-7-16)12-18(22(28)29)23(30)31-14-15-4-2-1-3-5-15/h1-5,12-13,16,25H,6-11,14H2. The summed E-state index contributed by atoms with van der Waals surface area (Å²) >= 11 is 0. The summed E-state index contributed by atoms with van der Waals surface area (Å²) < 4.78 is 21.5. The minimum absolute atomic E-state index is 0.0646. The Kier molecular flexibility index (Phi) is 5.15. The number of carbonyl (C=O) groups is 1. The molecule has 0 amide bonds. The third-order valence-corrected chi connectivity index (χ3v) is 5.77. The van der Waals surface area contributed by atoms with E-state index in [9.17, 15) is 14.0 Å². The monoisotopic (exact) mass is 422 g/mol. The number of rotatable bonds is 5. The quantitative estimate of drug-likeness (QED) is 0.637. The summed E-state index contributed by atoms with van der Waals surface area (Å²) in [5, 5.41) is 3.24. The number of piperazine rings is 1. The zero-order valence-corrected chi connectivity index (χ0v) is 17.0. The molecule has 0 bridgehead atoms. The lowest BCUT2D eigenvalue weighted by Crippen LogP contribution is -2.44. The lowest BCUT2D eigenvalue weighted by molar-refractivity contribution is 0.0470. The van der Waals surface area contributed by atoms with Gasteiger partial charge in [-0.3, -0.25) is 9.20 Å². The largest absolute Gasteiger partial charge is 0.457 e. The zero-order chi connectivity index (χ0) is 21.4. The number of nitrogens with one attached hydrogen (secondary N) is 1. The molecular weight excluding hydrogens is 399 g/mol. The molecule has 1 aromatic carbocycles. The molecule has 3 aromatic rings. The van der Waals surface area contributed by atoms with E-state index in [1.807, 2.05) is 35.2 Å². The van der Waals surface area contributed by atoms with Crippen LogP contribution in [-0.2, 0) is 11.3 Å². The molecule has 1 aliphatic heterocycles. The van der Waals surface area contributed by atoms with Crippen LogP contribution in [-0.4, -0.2) is 41.5 Å². The maximum Gasteiger partial charge on any atom is 0.344 e. The average Bonchev–Trinajstić information content (AvgIpc) is 3.64. The van der Waals surface area contributed by atoms with Gasteiger partial charge in [0.2, 0.25) is 0 Å². The fourth-order valence-corrected chi connectivity index (χ4v) is 3.95. The summed E-state index contributed by atoms with van der Waals surface area (Å²) in [6.45, 7) is 2.86. The maximum absolute atomic E-state index is 14.9. The van der Waals surface area contributed by atoms with Crippen molar-refractivity contribution in [3.05, 3.63) is 75.5 Å². The number of pyridine rings is 1. The first-order valence-electron chi connectivity index (χ1n) is 10.5. The molecule has 3 heterocycles. The van der Waals surface area contributed by atoms with Crippen LogP contribution in [0.25, 0.3) is 5.65 Å². The summed E-state index contributed by atoms with van der Waals surface area (Å²) in [6.07, 6.45) is 3.06. The van der Waals surface area contributed by atoms with Crippen LogP contribution in [0, 0.1) is 5.82 Å². The molecular formula is C23H23FN4O3. The van der Waals surface area contributed by atoms with Crippen molar-refractivity contribution < 1.29 is 13.9 Å². The number of esters is 1. The number of fused-ring (bicyclic) bond motifs is 1. The summed E-state index contributed by atoms with van der Waals surface area (Å²) in [6, 6.07) is 10.8. The van der Waals surface area contributed by atoms with E-state index in [4.69, 9.17) is 4.74 Å². The first-order valence-corrected chi connectivity index (χ1v) is 10.5. The van der Waals surface area contributed by atoms with Crippen molar-refractivity contribution in [3.8, 4) is 0 Å². The predicted octanol–water partition coefficient (Wildman–Crippen LogP) is 2.48. The molecule has 31 heavy (non-hydrogen) atoms. The van der Waals surface area contributed by atoms with Crippen LogP contribution in [0.5, 0.6) is 0 Å². The van der Waals surface area contributed by atoms with Crippen LogP contribution in [0.15, 0.2) is 47.4 Å². The normalized spacial score (nSPS) is 16.5. The highest BCUT2D eigenvalue weighted by Gasteiger charge is 2.30. The van der Waals surface area contributed by atoms with E-state index >= 15 is 0 Å². The third-order valence-electron chi connectivity index (χ3n) is 5.77. The number of aromatic nitrogens is 2. The van der Waals surface area contributed by atoms with Crippen LogP contribution >= 0.6 is 0 Å². The van der Waals surface area contributed by atoms with Gasteiger partial charge in [0.25, 0.3) is 5.56 Å². The number of nitrogens with zero attached hydrogens (tertiary/aromatic N) is 3. The minimum atomic E-state index is -0.711. The molecule has 160 valence electrons. The van der Waals surface area contributed by atoms with Gasteiger partial charge in [-0.25, -0.2) is 14.2 Å². The van der Waals surface area contributed by atoms with Gasteiger partial charge >= 0.3 is 5.97 Å². The number of halogens is 1. The molecule has 2 aromatic heterocycles. The molecule has 5 rings (SSSR count). The zero-order valence-electron chi connectivity index (χ0n) is 17.0. The first-order chi connectivity index (χ1) is 15.1. The topological polar surface area (TPSA) is 75.9 Å². The Labute approximate surface area is 178 Å². The Morgan fingerprint density at radius 2 is 1.94 bits per heavy atom. The molecule has 1 saturated carbocycles. The highest BCUT2D eigenvalue weighted by Crippen LogP contribution is 2.42. The van der Waals surface area contributed by atoms with Crippen molar-refractivity contribution in [1.82, 2.24) is 14.7 Å². The van der Waals surface area contributed by atoms with E-state index in [-0.39, 0.29) is 23.9 Å². The minimum Gasteiger partial charge on any atom is -0.457 e. The smallest absolute Gasteiger partial charge is 0.344 e. The Morgan fingerprint density at radius 3 is 2.65 bits per heavy atom. The summed E-state index contributed by atoms with van der Waals surface area (Å²) in [7, 11) is 0. The highest BCUT2D eigenvalue weighted by atomic mass is 19.1. The van der Waals surface area contributed by atoms with E-state index in [2.05, 4.69) is 10.3 Å². The number of carbonyl (C=O) groups excluding carboxylic acids is 1. The second kappa shape index (κ2) is 8.11. The predicted molar refractivity (Wildman–Crippen MR) is 114 cm³/mol. The number of ether oxygens (including phenoxy) is 1. The van der Waals surface area contributed by atoms with Crippen molar-refractivity contribution in [2.75, 3.05) is 31.1 Å². The third kappa shape index (κ3) is 3.90. The van der Waals surface area contributed by atoms with E-state index in [1.54, 1.807) is 6.07 Å². The Bertz CT molecular complexity index is 1180. The summed E-state index contributed by atoms with van der Waals surface area (Å²) in [5.41, 5.74) is 1.33. The van der Waals surface area contributed by atoms with Crippen molar-refractivity contribution in [2.45, 2.75) is 25.4 Å². The fourth-order valence-electron chi connectivity index (χ4n) is 3.95. The number of benzene rings is 1. The number of hydrogen-bond acceptors (Lipinski definition) is 6. The summed E-state index contributed by atoms with van der Waals surface area (Å²) in [5.74, 6) is -0.822. The first kappa shape index (κ1) is 19.7. The van der Waals surface area contributed by atoms with Crippen molar-refractivity contribution >= 4 is 17.4 Å². The summed E-state index contributed by atoms with van der Waals surface area (Å²) in [4.78, 5) is 32.2. The Morgan fingerprint density at radius 1 is 1.19 bits per heavy atom. The van der Waals surface area contributed by atoms with Gasteiger partial charge in [0.05, 0.1) is 6.20 Å². The van der Waals surface area contributed by atoms with E-state index in [0.29, 0.717) is 18.7 Å². The SMILES string of the molecule is O=C(OCc1ccccc1)c1cc(C2CC2)c2nc(N3CCNCC3)c(F)cn2c1=O. The van der Waals surface area contributed by atoms with Crippen LogP contribution in [0.4, 0.5) is 10.2 Å². The molecule has 0 unspecified atom stereocenters. The van der Waals surface area contributed by atoms with Crippen LogP contribution in [0.1, 0.15) is 40.2 Å². The Balaban J connectivity index is 1.53. The van der Waals surface area contributed by atoms with Crippen molar-refractivity contribution in [2.24, 2.45) is 0 Å². The van der Waals surface area contributed by atoms with Gasteiger partial charge in [-0.2, -0.15) is 0 Å². The molecule has 1 saturated heterocycles. The fraction of sp³-hybridized carbons (Fsp3) is 0.348. The Hall–Kier alpha value is -3.26. The van der Waals surface area contributed by atoms with Gasteiger partial charge in [0, 0.05) is 26.2 Å². The molecule has 1 aliphatic carbocycles. The van der Waals surface area contributed by atoms with Gasteiger partial charge in [-0.1, -0.05) is 30.3 Å². The molecule has 0 radical (unpaired) electrons. The van der Waals surface area contributed by atoms with Crippen LogP contribution < -0.4 is 15.8 Å². The van der Waals surface area contributed by atoms with Gasteiger partial charge in [0.15, 0.2) is 11.6 Å². The van der Waals surface area contributed by atoms with Crippen molar-refractivity contribution in [1.29, 1.82) is 0 Å². The lowest BCUT2D eigenvalue weighted by atomic mass is 10.1. The van der Waals surface area contributed by atoms with E-state index in [0.717, 1.165) is 47.7 Å². The van der Waals surface area contributed by atoms with Gasteiger partial charge < -0.3 is 15.0 Å². The molecule has 1 N–H and O–H groups in total. The molecule has 2 fully saturated rings. The molecule has 8 heteroatoms. The molecule has 0 spiro atoms. The maximum atomic E-state index is 14.9. The highest BCUT2D eigenvalue weighted by molar-refractivity contribution is 5.90. The molecule has 7 nitrogen and oxygen atoms in total. The average molecular weight is 422 g/mol. The van der Waals surface area contributed by atoms with E-state index in [1.165, 1.54) is 0 Å². The lowest BCUT2D eigenvalue weighted by Gasteiger charge is -2.29. The van der Waals surface area contributed by atoms with Crippen LogP contribution in [0.3, 0.4) is 0 Å². The molecule has 2 aliphatic rings. The second-order valence-corrected chi connectivity index (χ2v) is 8.00. The van der Waals surface area contributed by atoms with Gasteiger partial charge in [0.1, 0.15) is 17.8 Å². The van der Waals surface area contributed by atoms with E-state index < -0.39 is 17.3 Å². The van der Waals surface area contributed by atoms with Crippen LogP contribution in [0.2, 0.25) is 0 Å². The van der Waals surface area contributed by atoms with Crippen molar-refractivity contribution in [3.63, 3.8) is 0 Å². The van der Waals surface area contributed by atoms with Gasteiger partial charge in [-0.15, -0.1) is 0 Å². The number of anilines is 1. The van der Waals surface area contributed by atoms with Gasteiger partial charge in [-0.05, 0) is 36.0 Å². The second-order valence-electron chi connectivity index (χ2n) is 8.00. The molecule has 0 atom stereocenters.